The predicted molar refractivity (Wildman–Crippen MR) is 139 cm³/mol. The Bertz CT molecular complexity index is 772. The van der Waals surface area contributed by atoms with Gasteiger partial charge in [-0.3, -0.25) is 9.59 Å². The van der Waals surface area contributed by atoms with Crippen molar-refractivity contribution in [2.75, 3.05) is 20.7 Å². The maximum atomic E-state index is 12.9. The number of aliphatic hydroxyl groups excluding tert-OH is 1. The van der Waals surface area contributed by atoms with Crippen molar-refractivity contribution in [1.29, 1.82) is 0 Å². The van der Waals surface area contributed by atoms with Crippen LogP contribution in [0.4, 0.5) is 0 Å². The van der Waals surface area contributed by atoms with E-state index in [1.165, 1.54) is 11.8 Å². The summed E-state index contributed by atoms with van der Waals surface area (Å²) in [5.41, 5.74) is 0.884. The van der Waals surface area contributed by atoms with E-state index >= 15 is 0 Å². The van der Waals surface area contributed by atoms with Crippen LogP contribution in [0.5, 0.6) is 0 Å². The molecule has 0 radical (unpaired) electrons. The minimum absolute atomic E-state index is 0.0318. The first-order valence-electron chi connectivity index (χ1n) is 11.9. The van der Waals surface area contributed by atoms with Crippen molar-refractivity contribution in [3.05, 3.63) is 47.5 Å². The van der Waals surface area contributed by atoms with E-state index in [4.69, 9.17) is 10.2 Å². The van der Waals surface area contributed by atoms with E-state index in [2.05, 4.69) is 5.32 Å². The molecule has 7 heteroatoms. The van der Waals surface area contributed by atoms with Gasteiger partial charge in [-0.15, -0.1) is 0 Å². The highest BCUT2D eigenvalue weighted by Crippen LogP contribution is 2.33. The zero-order valence-corrected chi connectivity index (χ0v) is 22.7. The van der Waals surface area contributed by atoms with Gasteiger partial charge in [0.15, 0.2) is 0 Å². The number of amides is 2. The topological polar surface area (TPSA) is 107 Å². The third-order valence-corrected chi connectivity index (χ3v) is 5.81. The lowest BCUT2D eigenvalue weighted by Gasteiger charge is -2.34. The number of hydrogen-bond donors (Lipinski definition) is 3. The number of carboxylic acid groups (broad SMARTS) is 1. The van der Waals surface area contributed by atoms with Crippen molar-refractivity contribution < 1.29 is 24.6 Å². The van der Waals surface area contributed by atoms with Crippen molar-refractivity contribution in [2.45, 2.75) is 73.3 Å². The molecule has 2 atom stereocenters. The molecule has 1 aromatic rings. The Morgan fingerprint density at radius 1 is 1.09 bits per heavy atom. The second kappa shape index (κ2) is 16.9. The highest BCUT2D eigenvalue weighted by atomic mass is 16.4. The molecule has 0 aliphatic carbocycles. The quantitative estimate of drug-likeness (QED) is 0.436. The van der Waals surface area contributed by atoms with E-state index in [9.17, 15) is 14.4 Å². The summed E-state index contributed by atoms with van der Waals surface area (Å²) in [6, 6.07) is 9.52. The Balaban J connectivity index is 0. The van der Waals surface area contributed by atoms with Crippen molar-refractivity contribution >= 4 is 17.8 Å². The monoisotopic (exact) mass is 478 g/mol. The molecule has 3 N–H and O–H groups in total. The molecule has 0 fully saturated rings. The predicted octanol–water partition coefficient (Wildman–Crippen LogP) is 4.26. The number of rotatable bonds is 10. The van der Waals surface area contributed by atoms with Gasteiger partial charge in [-0.05, 0) is 24.8 Å². The summed E-state index contributed by atoms with van der Waals surface area (Å²) in [5, 5.41) is 18.9. The minimum Gasteiger partial charge on any atom is -0.478 e. The van der Waals surface area contributed by atoms with Crippen LogP contribution in [0, 0.1) is 11.8 Å². The van der Waals surface area contributed by atoms with Gasteiger partial charge < -0.3 is 20.4 Å². The van der Waals surface area contributed by atoms with Gasteiger partial charge >= 0.3 is 5.97 Å². The average Bonchev–Trinajstić information content (AvgIpc) is 2.83. The number of carbonyl (C=O) groups is 3. The largest absolute Gasteiger partial charge is 0.478 e. The molecule has 0 aromatic heterocycles. The lowest BCUT2D eigenvalue weighted by Crippen LogP contribution is -2.47. The zero-order chi connectivity index (χ0) is 27.1. The van der Waals surface area contributed by atoms with Crippen LogP contribution < -0.4 is 5.32 Å². The zero-order valence-electron chi connectivity index (χ0n) is 22.7. The van der Waals surface area contributed by atoms with E-state index < -0.39 is 5.97 Å². The summed E-state index contributed by atoms with van der Waals surface area (Å²) >= 11 is 0. The van der Waals surface area contributed by atoms with Crippen LogP contribution in [0.3, 0.4) is 0 Å². The van der Waals surface area contributed by atoms with Gasteiger partial charge in [-0.1, -0.05) is 84.9 Å². The smallest absolute Gasteiger partial charge is 0.331 e. The summed E-state index contributed by atoms with van der Waals surface area (Å²) in [6.45, 7) is 15.3. The second-order valence-electron chi connectivity index (χ2n) is 8.66. The van der Waals surface area contributed by atoms with Crippen molar-refractivity contribution in [3.8, 4) is 0 Å². The molecule has 0 aliphatic rings. The van der Waals surface area contributed by atoms with E-state index in [0.29, 0.717) is 6.42 Å². The molecular formula is C27H46N2O5. The molecule has 1 aromatic carbocycles. The maximum Gasteiger partial charge on any atom is 0.331 e. The van der Waals surface area contributed by atoms with Gasteiger partial charge in [-0.2, -0.15) is 0 Å². The molecular weight excluding hydrogens is 432 g/mol. The Labute approximate surface area is 206 Å². The molecule has 0 bridgehead atoms. The minimum atomic E-state index is -1.01. The summed E-state index contributed by atoms with van der Waals surface area (Å²) in [7, 11) is 2.63. The molecule has 0 saturated heterocycles. The number of aliphatic carboxylic acids is 1. The van der Waals surface area contributed by atoms with Crippen molar-refractivity contribution in [2.24, 2.45) is 11.8 Å². The molecule has 0 spiro atoms. The van der Waals surface area contributed by atoms with Crippen molar-refractivity contribution in [1.82, 2.24) is 10.2 Å². The third kappa shape index (κ3) is 10.1. The number of nitrogens with one attached hydrogen (secondary N) is 1. The van der Waals surface area contributed by atoms with E-state index in [1.54, 1.807) is 13.1 Å². The normalized spacial score (nSPS) is 12.9. The summed E-state index contributed by atoms with van der Waals surface area (Å²) in [5.74, 6) is -1.68. The number of aliphatic hydroxyl groups is 1. The van der Waals surface area contributed by atoms with Gasteiger partial charge in [0.25, 0.3) is 0 Å². The van der Waals surface area contributed by atoms with Crippen LogP contribution in [0.15, 0.2) is 42.0 Å². The number of nitrogens with zero attached hydrogens (tertiary/aromatic N) is 1. The first-order chi connectivity index (χ1) is 15.9. The molecule has 194 valence electrons. The highest BCUT2D eigenvalue weighted by molar-refractivity contribution is 5.88. The van der Waals surface area contributed by atoms with Crippen LogP contribution in [-0.4, -0.2) is 59.6 Å². The molecule has 0 heterocycles. The SMILES string of the molecule is CC.CC[C@H](C(=O)NCC(=O)N(C)[C@H](/C=C(\C)C(=O)O)C(C)C)C(C)(C)c1ccccc1.CO. The fraction of sp³-hybridized carbons (Fsp3) is 0.593. The summed E-state index contributed by atoms with van der Waals surface area (Å²) in [4.78, 5) is 38.3. The van der Waals surface area contributed by atoms with Gasteiger partial charge in [0.1, 0.15) is 0 Å². The Hall–Kier alpha value is -2.67. The summed E-state index contributed by atoms with van der Waals surface area (Å²) in [6.07, 6.45) is 2.23. The fourth-order valence-corrected chi connectivity index (χ4v) is 3.75. The molecule has 0 aliphatic heterocycles. The summed E-state index contributed by atoms with van der Waals surface area (Å²) < 4.78 is 0. The number of benzene rings is 1. The number of carboxylic acids is 1. The molecule has 2 amide bonds. The highest BCUT2D eigenvalue weighted by Gasteiger charge is 2.35. The van der Waals surface area contributed by atoms with E-state index in [0.717, 1.165) is 12.7 Å². The molecule has 34 heavy (non-hydrogen) atoms. The Morgan fingerprint density at radius 3 is 2.00 bits per heavy atom. The first-order valence-corrected chi connectivity index (χ1v) is 11.9. The molecule has 1 rings (SSSR count). The van der Waals surface area contributed by atoms with Gasteiger partial charge in [0.05, 0.1) is 12.6 Å². The molecule has 0 saturated carbocycles. The number of carbonyl (C=O) groups excluding carboxylic acids is 2. The van der Waals surface area contributed by atoms with Crippen LogP contribution in [0.2, 0.25) is 0 Å². The van der Waals surface area contributed by atoms with Gasteiger partial charge in [0.2, 0.25) is 11.8 Å². The fourth-order valence-electron chi connectivity index (χ4n) is 3.75. The first kappa shape index (κ1) is 33.5. The standard InChI is InChI=1S/C24H36N2O4.C2H6.CH4O/c1-8-19(24(5,6)18-12-10-9-11-13-18)22(28)25-15-21(27)26(7)20(16(2)3)14-17(4)23(29)30;2*1-2/h9-14,16,19-20H,8,15H2,1-7H3,(H,25,28)(H,29,30);1-2H3;2H,1H3/b17-14+;;/t19-,20-;;/m1../s1. The maximum absolute atomic E-state index is 12.9. The van der Waals surface area contributed by atoms with Gasteiger partial charge in [0, 0.05) is 31.1 Å². The van der Waals surface area contributed by atoms with Crippen LogP contribution >= 0.6 is 0 Å². The molecule has 0 unspecified atom stereocenters. The number of likely N-dealkylation sites (N-methyl/N-ethyl adjacent to an activating group) is 1. The number of hydrogen-bond acceptors (Lipinski definition) is 4. The van der Waals surface area contributed by atoms with Crippen molar-refractivity contribution in [3.63, 3.8) is 0 Å². The molecule has 7 nitrogen and oxygen atoms in total. The third-order valence-electron chi connectivity index (χ3n) is 5.81. The Kier molecular flexibility index (Phi) is 16.6. The Morgan fingerprint density at radius 2 is 1.59 bits per heavy atom. The van der Waals surface area contributed by atoms with Crippen LogP contribution in [0.25, 0.3) is 0 Å². The lowest BCUT2D eigenvalue weighted by atomic mass is 9.71. The second-order valence-corrected chi connectivity index (χ2v) is 8.66. The van der Waals surface area contributed by atoms with E-state index in [1.807, 2.05) is 78.8 Å². The van der Waals surface area contributed by atoms with Crippen LogP contribution in [-0.2, 0) is 19.8 Å². The average molecular weight is 479 g/mol. The lowest BCUT2D eigenvalue weighted by molar-refractivity contribution is -0.135. The van der Waals surface area contributed by atoms with Gasteiger partial charge in [-0.25, -0.2) is 4.79 Å². The van der Waals surface area contributed by atoms with Crippen LogP contribution in [0.1, 0.15) is 67.4 Å². The van der Waals surface area contributed by atoms with E-state index in [-0.39, 0.29) is 47.2 Å².